The van der Waals surface area contributed by atoms with Gasteiger partial charge in [0.1, 0.15) is 6.26 Å². The summed E-state index contributed by atoms with van der Waals surface area (Å²) in [5, 5.41) is 6.58. The summed E-state index contributed by atoms with van der Waals surface area (Å²) >= 11 is 1.16. The van der Waals surface area contributed by atoms with E-state index < -0.39 is 0 Å². The quantitative estimate of drug-likeness (QED) is 0.515. The van der Waals surface area contributed by atoms with Crippen LogP contribution in [0.15, 0.2) is 60.7 Å². The van der Waals surface area contributed by atoms with Crippen LogP contribution in [-0.4, -0.2) is 37.8 Å². The van der Waals surface area contributed by atoms with Crippen molar-refractivity contribution >= 4 is 17.9 Å². The molecule has 1 fully saturated rings. The summed E-state index contributed by atoms with van der Waals surface area (Å²) in [4.78, 5) is 12.7. The molecule has 1 aliphatic heterocycles. The normalized spacial score (nSPS) is 20.1. The average molecular weight is 371 g/mol. The maximum atomic E-state index is 12.7. The Hall–Kier alpha value is -1.82. The first-order chi connectivity index (χ1) is 12.8. The zero-order chi connectivity index (χ0) is 18.2. The summed E-state index contributed by atoms with van der Waals surface area (Å²) in [5.41, 5.74) is 2.45. The second-order valence-corrected chi connectivity index (χ2v) is 7.47. The molecule has 1 heterocycles. The summed E-state index contributed by atoms with van der Waals surface area (Å²) in [6, 6.07) is 21.2. The van der Waals surface area contributed by atoms with Crippen LogP contribution in [0.1, 0.15) is 23.5 Å². The molecule has 3 rings (SSSR count). The number of carbonyl (C=O) groups is 1. The van der Waals surface area contributed by atoms with Crippen LogP contribution in [0.25, 0.3) is 0 Å². The van der Waals surface area contributed by atoms with E-state index >= 15 is 0 Å². The second kappa shape index (κ2) is 9.76. The van der Waals surface area contributed by atoms with Gasteiger partial charge in [0, 0.05) is 25.6 Å². The Kier molecular flexibility index (Phi) is 7.12. The standard InChI is InChI=1S/C21H27N3OS/c1-26-24-19-12-18(13-22-14-19)21(25)23-15-20(16-8-4-2-5-9-16)17-10-6-3-7-11-17/h2-11,18-20,22,24H,12-15H2,1H3,(H,23,25)/p+1/t18-,19+/m0/s1. The van der Waals surface area contributed by atoms with Crippen molar-refractivity contribution in [3.63, 3.8) is 0 Å². The van der Waals surface area contributed by atoms with Crippen molar-refractivity contribution in [3.8, 4) is 0 Å². The smallest absolute Gasteiger partial charge is 0.224 e. The Labute approximate surface area is 160 Å². The molecule has 0 aliphatic carbocycles. The highest BCUT2D eigenvalue weighted by molar-refractivity contribution is 7.75. The maximum absolute atomic E-state index is 12.7. The molecule has 2 atom stereocenters. The first kappa shape index (κ1) is 19.0. The van der Waals surface area contributed by atoms with Crippen molar-refractivity contribution < 1.29 is 4.79 Å². The summed E-state index contributed by atoms with van der Waals surface area (Å²) in [5.74, 6) is 0.338. The summed E-state index contributed by atoms with van der Waals surface area (Å²) in [6.07, 6.45) is 2.97. The molecule has 3 N–H and O–H groups in total. The fourth-order valence-electron chi connectivity index (χ4n) is 3.57. The van der Waals surface area contributed by atoms with E-state index in [9.17, 15) is 4.79 Å². The number of carbonyl (C=O) groups excluding carboxylic acids is 1. The Morgan fingerprint density at radius 3 is 2.27 bits per heavy atom. The van der Waals surface area contributed by atoms with Gasteiger partial charge in [0.15, 0.2) is 0 Å². The van der Waals surface area contributed by atoms with E-state index in [-0.39, 0.29) is 17.7 Å². The zero-order valence-corrected chi connectivity index (χ0v) is 16.1. The fraction of sp³-hybridized carbons (Fsp3) is 0.381. The lowest BCUT2D eigenvalue weighted by Gasteiger charge is -2.28. The van der Waals surface area contributed by atoms with Crippen molar-refractivity contribution in [1.82, 2.24) is 15.4 Å². The van der Waals surface area contributed by atoms with Crippen molar-refractivity contribution in [3.05, 3.63) is 71.8 Å². The average Bonchev–Trinajstić information content (AvgIpc) is 2.70. The van der Waals surface area contributed by atoms with E-state index in [4.69, 9.17) is 0 Å². The maximum Gasteiger partial charge on any atom is 0.224 e. The highest BCUT2D eigenvalue weighted by atomic mass is 32.2. The molecule has 2 aromatic rings. The third kappa shape index (κ3) is 5.10. The predicted molar refractivity (Wildman–Crippen MR) is 110 cm³/mol. The molecule has 0 spiro atoms. The number of hydrogen-bond acceptors (Lipinski definition) is 3. The number of hydrogen-bond donors (Lipinski definition) is 3. The second-order valence-electron chi connectivity index (χ2n) is 6.76. The largest absolute Gasteiger partial charge is 0.355 e. The molecule has 4 nitrogen and oxygen atoms in total. The molecule has 0 aromatic heterocycles. The van der Waals surface area contributed by atoms with Crippen LogP contribution in [0.2, 0.25) is 0 Å². The molecule has 0 radical (unpaired) electrons. The SMILES string of the molecule is C[SH+]N[C@H]1CNC[C@@H](C(=O)NCC(c2ccccc2)c2ccccc2)C1. The first-order valence-electron chi connectivity index (χ1n) is 9.20. The van der Waals surface area contributed by atoms with Crippen LogP contribution >= 0.6 is 0 Å². The molecule has 0 bridgehead atoms. The van der Waals surface area contributed by atoms with Crippen LogP contribution in [0.3, 0.4) is 0 Å². The highest BCUT2D eigenvalue weighted by Gasteiger charge is 2.28. The van der Waals surface area contributed by atoms with Crippen molar-refractivity contribution in [2.24, 2.45) is 5.92 Å². The van der Waals surface area contributed by atoms with E-state index in [0.717, 1.165) is 31.5 Å². The molecule has 0 saturated carbocycles. The molecule has 1 amide bonds. The topological polar surface area (TPSA) is 53.2 Å². The Balaban J connectivity index is 1.65. The molecule has 2 aromatic carbocycles. The van der Waals surface area contributed by atoms with Crippen molar-refractivity contribution in [1.29, 1.82) is 0 Å². The van der Waals surface area contributed by atoms with Crippen molar-refractivity contribution in [2.75, 3.05) is 25.9 Å². The van der Waals surface area contributed by atoms with Crippen LogP contribution in [0.4, 0.5) is 0 Å². The van der Waals surface area contributed by atoms with E-state index in [2.05, 4.69) is 70.1 Å². The highest BCUT2D eigenvalue weighted by Crippen LogP contribution is 2.24. The molecular weight excluding hydrogens is 342 g/mol. The third-order valence-electron chi connectivity index (χ3n) is 4.92. The monoisotopic (exact) mass is 370 g/mol. The van der Waals surface area contributed by atoms with Gasteiger partial charge in [0.05, 0.1) is 23.9 Å². The lowest BCUT2D eigenvalue weighted by atomic mass is 9.90. The molecule has 138 valence electrons. The number of piperidine rings is 1. The molecule has 5 heteroatoms. The predicted octanol–water partition coefficient (Wildman–Crippen LogP) is 1.86. The van der Waals surface area contributed by atoms with Gasteiger partial charge < -0.3 is 10.6 Å². The van der Waals surface area contributed by atoms with Crippen LogP contribution in [0.5, 0.6) is 0 Å². The lowest BCUT2D eigenvalue weighted by Crippen LogP contribution is -2.50. The summed E-state index contributed by atoms with van der Waals surface area (Å²) < 4.78 is 3.42. The molecule has 1 saturated heterocycles. The van der Waals surface area contributed by atoms with Gasteiger partial charge >= 0.3 is 0 Å². The van der Waals surface area contributed by atoms with Gasteiger partial charge in [0.25, 0.3) is 0 Å². The van der Waals surface area contributed by atoms with Gasteiger partial charge in [0.2, 0.25) is 5.91 Å². The molecular formula is C21H28N3OS+. The first-order valence-corrected chi connectivity index (χ1v) is 10.5. The minimum Gasteiger partial charge on any atom is -0.355 e. The van der Waals surface area contributed by atoms with Gasteiger partial charge in [-0.3, -0.25) is 4.79 Å². The fourth-order valence-corrected chi connectivity index (χ4v) is 4.13. The van der Waals surface area contributed by atoms with E-state index in [1.807, 2.05) is 12.1 Å². The Morgan fingerprint density at radius 2 is 1.69 bits per heavy atom. The van der Waals surface area contributed by atoms with E-state index in [0.29, 0.717) is 12.6 Å². The zero-order valence-electron chi connectivity index (χ0n) is 15.2. The Morgan fingerprint density at radius 1 is 1.08 bits per heavy atom. The summed E-state index contributed by atoms with van der Waals surface area (Å²) in [6.45, 7) is 2.31. The van der Waals surface area contributed by atoms with Crippen LogP contribution < -0.4 is 15.4 Å². The van der Waals surface area contributed by atoms with Crippen LogP contribution in [0, 0.1) is 5.92 Å². The molecule has 26 heavy (non-hydrogen) atoms. The van der Waals surface area contributed by atoms with E-state index in [1.54, 1.807) is 0 Å². The van der Waals surface area contributed by atoms with Gasteiger partial charge in [-0.15, -0.1) is 4.72 Å². The Bertz CT molecular complexity index is 639. The number of nitrogens with one attached hydrogen (secondary N) is 3. The van der Waals surface area contributed by atoms with Gasteiger partial charge in [-0.05, 0) is 17.5 Å². The minimum atomic E-state index is 0.0233. The number of thiol groups is 1. The van der Waals surface area contributed by atoms with E-state index in [1.165, 1.54) is 11.1 Å². The minimum absolute atomic E-state index is 0.0233. The molecule has 1 aliphatic rings. The lowest BCUT2D eigenvalue weighted by molar-refractivity contribution is -0.125. The number of rotatable bonds is 7. The molecule has 0 unspecified atom stereocenters. The van der Waals surface area contributed by atoms with Crippen LogP contribution in [-0.2, 0) is 16.7 Å². The van der Waals surface area contributed by atoms with Gasteiger partial charge in [-0.2, -0.15) is 0 Å². The van der Waals surface area contributed by atoms with Gasteiger partial charge in [-0.1, -0.05) is 60.7 Å². The summed E-state index contributed by atoms with van der Waals surface area (Å²) in [7, 11) is 0. The number of amides is 1. The van der Waals surface area contributed by atoms with Gasteiger partial charge in [-0.25, -0.2) is 0 Å². The number of benzene rings is 2. The third-order valence-corrected chi connectivity index (χ3v) is 5.54. The van der Waals surface area contributed by atoms with Crippen molar-refractivity contribution in [2.45, 2.75) is 18.4 Å².